The number of likely N-dealkylation sites (tertiary alicyclic amines) is 1. The summed E-state index contributed by atoms with van der Waals surface area (Å²) < 4.78 is 5.14. The minimum absolute atomic E-state index is 0.00242. The summed E-state index contributed by atoms with van der Waals surface area (Å²) in [6, 6.07) is 6.22. The predicted molar refractivity (Wildman–Crippen MR) is 114 cm³/mol. The van der Waals surface area contributed by atoms with Gasteiger partial charge in [-0.05, 0) is 61.8 Å². The highest BCUT2D eigenvalue weighted by Crippen LogP contribution is 2.33. The topological polar surface area (TPSA) is 87.7 Å². The number of hydrogen-bond donors (Lipinski definition) is 2. The number of carbonyl (C=O) groups is 3. The van der Waals surface area contributed by atoms with E-state index in [1.165, 1.54) is 0 Å². The molecule has 2 N–H and O–H groups in total. The number of benzene rings is 1. The van der Waals surface area contributed by atoms with Crippen LogP contribution in [-0.2, 0) is 9.59 Å². The lowest BCUT2D eigenvalue weighted by Crippen LogP contribution is -2.54. The molecule has 3 amide bonds. The van der Waals surface area contributed by atoms with Gasteiger partial charge in [-0.3, -0.25) is 14.4 Å². The van der Waals surface area contributed by atoms with Crippen LogP contribution in [-0.4, -0.2) is 55.4 Å². The maximum Gasteiger partial charge on any atom is 0.251 e. The molecule has 0 aromatic heterocycles. The third-order valence-electron chi connectivity index (χ3n) is 5.86. The minimum atomic E-state index is -0.614. The number of methoxy groups -OCH3 is 1. The first-order valence-electron chi connectivity index (χ1n) is 10.9. The van der Waals surface area contributed by atoms with Crippen LogP contribution in [0.25, 0.3) is 0 Å². The Morgan fingerprint density at radius 1 is 1.07 bits per heavy atom. The normalized spacial score (nSPS) is 18.1. The standard InChI is InChI=1S/C23H33N3O4/c1-15(2)14-24-22(28)20(25-21(27)17-6-8-19(30-3)9-7-17)16-10-12-26(13-11-16)23(29)18-4-5-18/h6-9,15-16,18,20H,4-5,10-14H2,1-3H3,(H,24,28)(H,25,27)/t20-/m0/s1. The molecule has 2 aliphatic rings. The van der Waals surface area contributed by atoms with Gasteiger partial charge >= 0.3 is 0 Å². The number of rotatable bonds is 8. The molecule has 0 radical (unpaired) electrons. The van der Waals surface area contributed by atoms with E-state index in [9.17, 15) is 14.4 Å². The first kappa shape index (κ1) is 22.1. The maximum absolute atomic E-state index is 12.9. The molecule has 0 bridgehead atoms. The van der Waals surface area contributed by atoms with E-state index in [1.54, 1.807) is 31.4 Å². The molecule has 1 aromatic rings. The Balaban J connectivity index is 1.65. The molecular formula is C23H33N3O4. The third kappa shape index (κ3) is 5.74. The van der Waals surface area contributed by atoms with Gasteiger partial charge in [0.15, 0.2) is 0 Å². The fourth-order valence-corrected chi connectivity index (χ4v) is 3.82. The lowest BCUT2D eigenvalue weighted by Gasteiger charge is -2.36. The maximum atomic E-state index is 12.9. The van der Waals surface area contributed by atoms with Crippen molar-refractivity contribution in [2.24, 2.45) is 17.8 Å². The molecule has 1 heterocycles. The van der Waals surface area contributed by atoms with Gasteiger partial charge in [-0.15, -0.1) is 0 Å². The summed E-state index contributed by atoms with van der Waals surface area (Å²) in [6.07, 6.45) is 3.41. The van der Waals surface area contributed by atoms with E-state index in [1.807, 2.05) is 18.7 Å². The Morgan fingerprint density at radius 2 is 1.70 bits per heavy atom. The Kier molecular flexibility index (Phi) is 7.34. The molecule has 1 saturated carbocycles. The zero-order valence-corrected chi connectivity index (χ0v) is 18.1. The number of piperidine rings is 1. The quantitative estimate of drug-likeness (QED) is 0.682. The second kappa shape index (κ2) is 9.96. The van der Waals surface area contributed by atoms with E-state index in [4.69, 9.17) is 4.74 Å². The van der Waals surface area contributed by atoms with Crippen LogP contribution in [0, 0.1) is 17.8 Å². The van der Waals surface area contributed by atoms with Crippen LogP contribution >= 0.6 is 0 Å². The molecule has 30 heavy (non-hydrogen) atoms. The molecule has 164 valence electrons. The summed E-state index contributed by atoms with van der Waals surface area (Å²) in [7, 11) is 1.57. The third-order valence-corrected chi connectivity index (χ3v) is 5.86. The van der Waals surface area contributed by atoms with Crippen LogP contribution in [0.15, 0.2) is 24.3 Å². The molecule has 1 aliphatic carbocycles. The van der Waals surface area contributed by atoms with Gasteiger partial charge in [-0.25, -0.2) is 0 Å². The summed E-state index contributed by atoms with van der Waals surface area (Å²) in [5.74, 6) is 1.02. The van der Waals surface area contributed by atoms with Gasteiger partial charge in [0.1, 0.15) is 11.8 Å². The SMILES string of the molecule is COc1ccc(C(=O)N[C@H](C(=O)NCC(C)C)C2CCN(C(=O)C3CC3)CC2)cc1. The second-order valence-corrected chi connectivity index (χ2v) is 8.76. The van der Waals surface area contributed by atoms with E-state index in [0.717, 1.165) is 12.8 Å². The summed E-state index contributed by atoms with van der Waals surface area (Å²) >= 11 is 0. The largest absolute Gasteiger partial charge is 0.497 e. The highest BCUT2D eigenvalue weighted by atomic mass is 16.5. The summed E-state index contributed by atoms with van der Waals surface area (Å²) in [4.78, 5) is 40.0. The summed E-state index contributed by atoms with van der Waals surface area (Å²) in [6.45, 7) is 5.92. The van der Waals surface area contributed by atoms with Crippen molar-refractivity contribution in [3.8, 4) is 5.75 Å². The van der Waals surface area contributed by atoms with Crippen molar-refractivity contribution < 1.29 is 19.1 Å². The first-order chi connectivity index (χ1) is 14.4. The monoisotopic (exact) mass is 415 g/mol. The highest BCUT2D eigenvalue weighted by molar-refractivity contribution is 5.97. The van der Waals surface area contributed by atoms with Crippen molar-refractivity contribution in [2.75, 3.05) is 26.7 Å². The molecule has 1 atom stereocenters. The van der Waals surface area contributed by atoms with Crippen LogP contribution in [0.3, 0.4) is 0 Å². The van der Waals surface area contributed by atoms with Crippen LogP contribution in [0.5, 0.6) is 5.75 Å². The Bertz CT molecular complexity index is 750. The zero-order chi connectivity index (χ0) is 21.7. The molecule has 1 saturated heterocycles. The van der Waals surface area contributed by atoms with Crippen LogP contribution < -0.4 is 15.4 Å². The average molecular weight is 416 g/mol. The van der Waals surface area contributed by atoms with Crippen LogP contribution in [0.1, 0.15) is 49.9 Å². The van der Waals surface area contributed by atoms with Crippen molar-refractivity contribution in [2.45, 2.75) is 45.6 Å². The number of nitrogens with zero attached hydrogens (tertiary/aromatic N) is 1. The Labute approximate surface area is 178 Å². The number of ether oxygens (including phenoxy) is 1. The van der Waals surface area contributed by atoms with Gasteiger partial charge in [0.05, 0.1) is 7.11 Å². The smallest absolute Gasteiger partial charge is 0.251 e. The molecule has 2 fully saturated rings. The molecular weight excluding hydrogens is 382 g/mol. The summed E-state index contributed by atoms with van der Waals surface area (Å²) in [5.41, 5.74) is 0.485. The first-order valence-corrected chi connectivity index (χ1v) is 10.9. The number of nitrogens with one attached hydrogen (secondary N) is 2. The lowest BCUT2D eigenvalue weighted by atomic mass is 9.88. The minimum Gasteiger partial charge on any atom is -0.497 e. The fraction of sp³-hybridized carbons (Fsp3) is 0.609. The molecule has 1 aliphatic heterocycles. The van der Waals surface area contributed by atoms with E-state index in [2.05, 4.69) is 10.6 Å². The van der Waals surface area contributed by atoms with E-state index in [-0.39, 0.29) is 29.6 Å². The van der Waals surface area contributed by atoms with E-state index in [0.29, 0.717) is 49.7 Å². The number of amides is 3. The molecule has 7 heteroatoms. The van der Waals surface area contributed by atoms with Crippen molar-refractivity contribution in [1.29, 1.82) is 0 Å². The molecule has 7 nitrogen and oxygen atoms in total. The van der Waals surface area contributed by atoms with E-state index >= 15 is 0 Å². The summed E-state index contributed by atoms with van der Waals surface area (Å²) in [5, 5.41) is 5.91. The van der Waals surface area contributed by atoms with Crippen molar-refractivity contribution in [3.63, 3.8) is 0 Å². The van der Waals surface area contributed by atoms with Gasteiger partial charge in [0, 0.05) is 31.1 Å². The van der Waals surface area contributed by atoms with Gasteiger partial charge in [0.2, 0.25) is 11.8 Å². The van der Waals surface area contributed by atoms with Gasteiger partial charge in [-0.2, -0.15) is 0 Å². The van der Waals surface area contributed by atoms with Crippen molar-refractivity contribution >= 4 is 17.7 Å². The second-order valence-electron chi connectivity index (χ2n) is 8.76. The van der Waals surface area contributed by atoms with E-state index < -0.39 is 6.04 Å². The Morgan fingerprint density at radius 3 is 2.23 bits per heavy atom. The fourth-order valence-electron chi connectivity index (χ4n) is 3.82. The molecule has 0 unspecified atom stereocenters. The zero-order valence-electron chi connectivity index (χ0n) is 18.1. The van der Waals surface area contributed by atoms with Gasteiger partial charge < -0.3 is 20.3 Å². The molecule has 0 spiro atoms. The molecule has 1 aromatic carbocycles. The highest BCUT2D eigenvalue weighted by Gasteiger charge is 2.38. The average Bonchev–Trinajstić information content (AvgIpc) is 3.61. The number of carbonyl (C=O) groups excluding carboxylic acids is 3. The van der Waals surface area contributed by atoms with Gasteiger partial charge in [0.25, 0.3) is 5.91 Å². The lowest BCUT2D eigenvalue weighted by molar-refractivity contribution is -0.134. The predicted octanol–water partition coefficient (Wildman–Crippen LogP) is 2.21. The molecule has 3 rings (SSSR count). The Hall–Kier alpha value is -2.57. The van der Waals surface area contributed by atoms with Crippen molar-refractivity contribution in [1.82, 2.24) is 15.5 Å². The van der Waals surface area contributed by atoms with Gasteiger partial charge in [-0.1, -0.05) is 13.8 Å². The number of hydrogen-bond acceptors (Lipinski definition) is 4. The van der Waals surface area contributed by atoms with Crippen molar-refractivity contribution in [3.05, 3.63) is 29.8 Å². The van der Waals surface area contributed by atoms with Crippen LogP contribution in [0.2, 0.25) is 0 Å². The van der Waals surface area contributed by atoms with Crippen LogP contribution in [0.4, 0.5) is 0 Å².